The Labute approximate surface area is 239 Å². The Morgan fingerprint density at radius 1 is 1.00 bits per heavy atom. The van der Waals surface area contributed by atoms with Gasteiger partial charge in [-0.3, -0.25) is 14.2 Å². The Hall–Kier alpha value is -4.63. The minimum absolute atomic E-state index is 0.117. The Morgan fingerprint density at radius 2 is 1.68 bits per heavy atom. The highest BCUT2D eigenvalue weighted by molar-refractivity contribution is 7.07. The lowest BCUT2D eigenvalue weighted by Gasteiger charge is -2.25. The van der Waals surface area contributed by atoms with Crippen molar-refractivity contribution in [1.82, 2.24) is 4.57 Å². The number of esters is 1. The topological polar surface area (TPSA) is 81.0 Å². The molecule has 0 unspecified atom stereocenters. The minimum atomic E-state index is -0.955. The molecule has 0 aliphatic carbocycles. The third-order valence-corrected chi connectivity index (χ3v) is 8.20. The van der Waals surface area contributed by atoms with Crippen LogP contribution in [0.15, 0.2) is 94.2 Å². The molecule has 2 aliphatic heterocycles. The van der Waals surface area contributed by atoms with Gasteiger partial charge in [0.05, 0.1) is 35.2 Å². The van der Waals surface area contributed by atoms with Crippen molar-refractivity contribution in [3.63, 3.8) is 0 Å². The number of carbonyl (C=O) groups excluding carboxylic acids is 2. The van der Waals surface area contributed by atoms with Crippen LogP contribution in [0.1, 0.15) is 43.5 Å². The molecule has 1 atom stereocenters. The first-order valence-electron chi connectivity index (χ1n) is 13.3. The summed E-state index contributed by atoms with van der Waals surface area (Å²) < 4.78 is 21.1. The van der Waals surface area contributed by atoms with Crippen LogP contribution in [-0.2, 0) is 14.3 Å². The zero-order valence-electron chi connectivity index (χ0n) is 22.6. The molecule has 3 aromatic carbocycles. The molecule has 0 N–H and O–H groups in total. The summed E-state index contributed by atoms with van der Waals surface area (Å²) in [5.41, 5.74) is 2.95. The number of fused-ring (bicyclic) bond motifs is 2. The molecule has 0 spiro atoms. The van der Waals surface area contributed by atoms with Gasteiger partial charge in [-0.1, -0.05) is 72.0 Å². The first-order valence-corrected chi connectivity index (χ1v) is 14.1. The average molecular weight is 568 g/mol. The Balaban J connectivity index is 1.72. The molecule has 1 amide bonds. The second-order valence-electron chi connectivity index (χ2n) is 9.96. The van der Waals surface area contributed by atoms with E-state index in [1.807, 2.05) is 68.4 Å². The van der Waals surface area contributed by atoms with Crippen molar-refractivity contribution in [2.75, 3.05) is 11.5 Å². The molecule has 1 aromatic heterocycles. The fourth-order valence-electron chi connectivity index (χ4n) is 5.42. The highest BCUT2D eigenvalue weighted by Crippen LogP contribution is 2.38. The summed E-state index contributed by atoms with van der Waals surface area (Å²) >= 11 is 1.11. The van der Waals surface area contributed by atoms with Crippen molar-refractivity contribution in [2.45, 2.75) is 32.9 Å². The highest BCUT2D eigenvalue weighted by Gasteiger charge is 2.38. The van der Waals surface area contributed by atoms with Gasteiger partial charge in [0, 0.05) is 17.2 Å². The number of amides is 1. The number of aromatic nitrogens is 1. The molecular weight excluding hydrogens is 541 g/mol. The van der Waals surface area contributed by atoms with E-state index >= 15 is 0 Å². The zero-order chi connectivity index (χ0) is 28.8. The van der Waals surface area contributed by atoms with Crippen molar-refractivity contribution in [3.8, 4) is 0 Å². The van der Waals surface area contributed by atoms with E-state index in [1.54, 1.807) is 24.0 Å². The molecular formula is C32H26FN3O4S. The summed E-state index contributed by atoms with van der Waals surface area (Å²) in [6, 6.07) is 21.2. The summed E-state index contributed by atoms with van der Waals surface area (Å²) in [6.07, 6.45) is 0. The number of halogens is 1. The minimum Gasteiger partial charge on any atom is -0.463 e. The molecule has 0 radical (unpaired) electrons. The maximum atomic E-state index is 14.3. The largest absolute Gasteiger partial charge is 0.463 e. The molecule has 7 nitrogen and oxygen atoms in total. The van der Waals surface area contributed by atoms with Gasteiger partial charge < -0.3 is 9.64 Å². The predicted octanol–water partition coefficient (Wildman–Crippen LogP) is 4.20. The number of hydrogen-bond acceptors (Lipinski definition) is 6. The van der Waals surface area contributed by atoms with Crippen LogP contribution in [0.3, 0.4) is 0 Å². The van der Waals surface area contributed by atoms with Gasteiger partial charge in [-0.2, -0.15) is 0 Å². The monoisotopic (exact) mass is 567 g/mol. The molecule has 0 fully saturated rings. The van der Waals surface area contributed by atoms with E-state index in [9.17, 15) is 18.8 Å². The van der Waals surface area contributed by atoms with Crippen LogP contribution >= 0.6 is 11.3 Å². The number of rotatable bonds is 5. The van der Waals surface area contributed by atoms with Gasteiger partial charge in [0.1, 0.15) is 10.3 Å². The maximum absolute atomic E-state index is 14.3. The van der Waals surface area contributed by atoms with Crippen LogP contribution in [0, 0.1) is 5.82 Å². The van der Waals surface area contributed by atoms with Crippen LogP contribution in [0.5, 0.6) is 0 Å². The summed E-state index contributed by atoms with van der Waals surface area (Å²) in [7, 11) is 0. The van der Waals surface area contributed by atoms with E-state index in [1.165, 1.54) is 16.7 Å². The van der Waals surface area contributed by atoms with E-state index in [0.717, 1.165) is 17.0 Å². The van der Waals surface area contributed by atoms with Crippen LogP contribution in [-0.4, -0.2) is 29.1 Å². The zero-order valence-corrected chi connectivity index (χ0v) is 23.4. The molecule has 2 aliphatic rings. The van der Waals surface area contributed by atoms with Gasteiger partial charge in [-0.05, 0) is 44.5 Å². The number of anilines is 1. The Kier molecular flexibility index (Phi) is 6.75. The Morgan fingerprint density at radius 3 is 2.37 bits per heavy atom. The molecule has 4 aromatic rings. The fourth-order valence-corrected chi connectivity index (χ4v) is 6.51. The lowest BCUT2D eigenvalue weighted by molar-refractivity contribution is -0.138. The number of para-hydroxylation sites is 1. The van der Waals surface area contributed by atoms with Gasteiger partial charge in [-0.25, -0.2) is 14.2 Å². The fraction of sp³-hybridized carbons (Fsp3) is 0.188. The summed E-state index contributed by atoms with van der Waals surface area (Å²) in [5, 5.41) is 0. The SMILES string of the molecule is CCOC(=O)C1=C(c2ccccc2)N=c2s/c(=C3/C(=O)N(C(C)C)c4ccccc43)c(=O)n2[C@H]1c1ccc(F)cc1. The van der Waals surface area contributed by atoms with Crippen LogP contribution in [0.2, 0.25) is 0 Å². The third-order valence-electron chi connectivity index (χ3n) is 7.14. The van der Waals surface area contributed by atoms with Gasteiger partial charge in [0.25, 0.3) is 11.5 Å². The van der Waals surface area contributed by atoms with Gasteiger partial charge in [0.2, 0.25) is 0 Å². The van der Waals surface area contributed by atoms with Gasteiger partial charge in [-0.15, -0.1) is 0 Å². The van der Waals surface area contributed by atoms with E-state index in [2.05, 4.69) is 0 Å². The van der Waals surface area contributed by atoms with Crippen LogP contribution < -0.4 is 19.8 Å². The number of ether oxygens (including phenoxy) is 1. The first kappa shape index (κ1) is 26.6. The summed E-state index contributed by atoms with van der Waals surface area (Å²) in [6.45, 7) is 5.66. The number of thiazole rings is 1. The van der Waals surface area contributed by atoms with E-state index < -0.39 is 23.4 Å². The standard InChI is InChI=1S/C32H26FN3O4S/c1-4-40-31(39)25-26(19-10-6-5-7-11-19)34-32-36(27(25)20-14-16-21(33)17-15-20)30(38)28(41-32)24-22-12-8-9-13-23(22)35(18(2)3)29(24)37/h5-18,27H,4H2,1-3H3/b28-24+/t27-/m0/s1. The molecule has 206 valence electrons. The molecule has 41 heavy (non-hydrogen) atoms. The lowest BCUT2D eigenvalue weighted by atomic mass is 9.93. The molecule has 6 rings (SSSR count). The van der Waals surface area contributed by atoms with Crippen molar-refractivity contribution >= 4 is 40.2 Å². The quantitative estimate of drug-likeness (QED) is 0.339. The number of hydrogen-bond donors (Lipinski definition) is 0. The van der Waals surface area contributed by atoms with Crippen LogP contribution in [0.25, 0.3) is 11.3 Å². The maximum Gasteiger partial charge on any atom is 0.338 e. The van der Waals surface area contributed by atoms with Crippen molar-refractivity contribution in [2.24, 2.45) is 4.99 Å². The van der Waals surface area contributed by atoms with Crippen molar-refractivity contribution < 1.29 is 18.7 Å². The third kappa shape index (κ3) is 4.33. The van der Waals surface area contributed by atoms with Gasteiger partial charge >= 0.3 is 5.97 Å². The predicted molar refractivity (Wildman–Crippen MR) is 155 cm³/mol. The van der Waals surface area contributed by atoms with E-state index in [0.29, 0.717) is 32.8 Å². The second-order valence-corrected chi connectivity index (χ2v) is 10.9. The van der Waals surface area contributed by atoms with Crippen molar-refractivity contribution in [1.29, 1.82) is 0 Å². The normalized spacial score (nSPS) is 17.4. The lowest BCUT2D eigenvalue weighted by Crippen LogP contribution is -2.41. The number of nitrogens with zero attached hydrogens (tertiary/aromatic N) is 3. The highest BCUT2D eigenvalue weighted by atomic mass is 32.1. The number of benzene rings is 3. The van der Waals surface area contributed by atoms with E-state index in [-0.39, 0.29) is 28.7 Å². The summed E-state index contributed by atoms with van der Waals surface area (Å²) in [4.78, 5) is 48.5. The molecule has 9 heteroatoms. The summed E-state index contributed by atoms with van der Waals surface area (Å²) in [5.74, 6) is -1.34. The Bertz CT molecular complexity index is 1910. The molecule has 3 heterocycles. The molecule has 0 saturated carbocycles. The van der Waals surface area contributed by atoms with Crippen molar-refractivity contribution in [3.05, 3.63) is 127 Å². The van der Waals surface area contributed by atoms with E-state index in [4.69, 9.17) is 9.73 Å². The average Bonchev–Trinajstić information content (AvgIpc) is 3.45. The second kappa shape index (κ2) is 10.4. The number of carbonyl (C=O) groups is 2. The molecule has 0 bridgehead atoms. The molecule has 0 saturated heterocycles. The van der Waals surface area contributed by atoms with Gasteiger partial charge in [0.15, 0.2) is 4.80 Å². The van der Waals surface area contributed by atoms with Crippen LogP contribution in [0.4, 0.5) is 10.1 Å². The first-order chi connectivity index (χ1) is 19.8. The smallest absolute Gasteiger partial charge is 0.338 e.